The van der Waals surface area contributed by atoms with Gasteiger partial charge in [0.2, 0.25) is 0 Å². The fourth-order valence-electron chi connectivity index (χ4n) is 4.05. The smallest absolute Gasteiger partial charge is 0.262 e. The molecule has 1 aliphatic heterocycles. The van der Waals surface area contributed by atoms with Crippen LogP contribution in [0.1, 0.15) is 32.5 Å². The molecule has 0 N–H and O–H groups in total. The van der Waals surface area contributed by atoms with Crippen molar-refractivity contribution in [2.75, 3.05) is 9.80 Å². The lowest BCUT2D eigenvalue weighted by Crippen LogP contribution is -2.49. The first-order valence-electron chi connectivity index (χ1n) is 10.1. The first-order chi connectivity index (χ1) is 14.7. The number of benzene rings is 3. The predicted octanol–water partition coefficient (Wildman–Crippen LogP) is 6.42. The Morgan fingerprint density at radius 3 is 2.30 bits per heavy atom. The van der Waals surface area contributed by atoms with Crippen LogP contribution in [-0.4, -0.2) is 5.91 Å². The van der Waals surface area contributed by atoms with E-state index in [2.05, 4.69) is 71.8 Å². The standard InChI is InChI=1S/C26H22N2OS/c1-19-13-15-21(16-14-19)28-25(24-12-7-17-30-24)27(18-20-8-3-2-4-9-20)23-11-6-5-10-22(23)26(28)29/h2-17,25H,18H2,1H3/t25-/m0/s1. The van der Waals surface area contributed by atoms with Crippen molar-refractivity contribution >= 4 is 28.6 Å². The predicted molar refractivity (Wildman–Crippen MR) is 124 cm³/mol. The van der Waals surface area contributed by atoms with Gasteiger partial charge in [-0.25, -0.2) is 0 Å². The number of carbonyl (C=O) groups is 1. The number of hydrogen-bond donors (Lipinski definition) is 0. The molecule has 4 heteroatoms. The van der Waals surface area contributed by atoms with Crippen molar-refractivity contribution < 1.29 is 4.79 Å². The molecule has 2 heterocycles. The van der Waals surface area contributed by atoms with Gasteiger partial charge in [-0.05, 0) is 48.2 Å². The van der Waals surface area contributed by atoms with Crippen molar-refractivity contribution in [2.45, 2.75) is 19.6 Å². The number of carbonyl (C=O) groups excluding carboxylic acids is 1. The van der Waals surface area contributed by atoms with Gasteiger partial charge in [0.25, 0.3) is 5.91 Å². The first-order valence-corrected chi connectivity index (χ1v) is 10.9. The molecule has 1 atom stereocenters. The van der Waals surface area contributed by atoms with E-state index in [1.165, 1.54) is 11.1 Å². The molecule has 0 bridgehead atoms. The van der Waals surface area contributed by atoms with Crippen LogP contribution >= 0.6 is 11.3 Å². The number of thiophene rings is 1. The highest BCUT2D eigenvalue weighted by atomic mass is 32.1. The normalized spacial score (nSPS) is 15.9. The second-order valence-electron chi connectivity index (χ2n) is 7.53. The average molecular weight is 411 g/mol. The minimum atomic E-state index is -0.199. The number of para-hydroxylation sites is 1. The van der Waals surface area contributed by atoms with E-state index in [0.717, 1.165) is 28.4 Å². The van der Waals surface area contributed by atoms with Gasteiger partial charge in [0.15, 0.2) is 0 Å². The maximum Gasteiger partial charge on any atom is 0.262 e. The highest BCUT2D eigenvalue weighted by molar-refractivity contribution is 7.10. The fourth-order valence-corrected chi connectivity index (χ4v) is 4.88. The largest absolute Gasteiger partial charge is 0.341 e. The summed E-state index contributed by atoms with van der Waals surface area (Å²) in [7, 11) is 0. The molecule has 30 heavy (non-hydrogen) atoms. The van der Waals surface area contributed by atoms with E-state index >= 15 is 0 Å². The number of hydrogen-bond acceptors (Lipinski definition) is 3. The molecule has 5 rings (SSSR count). The quantitative estimate of drug-likeness (QED) is 0.387. The van der Waals surface area contributed by atoms with E-state index in [9.17, 15) is 4.79 Å². The molecule has 0 aliphatic carbocycles. The lowest BCUT2D eigenvalue weighted by atomic mass is 10.0. The Morgan fingerprint density at radius 2 is 1.57 bits per heavy atom. The highest BCUT2D eigenvalue weighted by Gasteiger charge is 2.39. The van der Waals surface area contributed by atoms with Crippen LogP contribution in [-0.2, 0) is 6.54 Å². The Hall–Kier alpha value is -3.37. The Kier molecular flexibility index (Phi) is 4.85. The van der Waals surface area contributed by atoms with E-state index in [4.69, 9.17) is 0 Å². The summed E-state index contributed by atoms with van der Waals surface area (Å²) in [5.74, 6) is 0.0390. The van der Waals surface area contributed by atoms with E-state index in [0.29, 0.717) is 0 Å². The van der Waals surface area contributed by atoms with Crippen molar-refractivity contribution in [1.29, 1.82) is 0 Å². The summed E-state index contributed by atoms with van der Waals surface area (Å²) in [4.78, 5) is 19.1. The van der Waals surface area contributed by atoms with Gasteiger partial charge in [0, 0.05) is 17.1 Å². The molecule has 148 valence electrons. The zero-order valence-corrected chi connectivity index (χ0v) is 17.5. The molecule has 1 aromatic heterocycles. The second kappa shape index (κ2) is 7.81. The summed E-state index contributed by atoms with van der Waals surface area (Å²) < 4.78 is 0. The molecule has 0 unspecified atom stereocenters. The summed E-state index contributed by atoms with van der Waals surface area (Å²) >= 11 is 1.69. The summed E-state index contributed by atoms with van der Waals surface area (Å²) in [6, 6.07) is 30.8. The van der Waals surface area contributed by atoms with Crippen LogP contribution in [0.3, 0.4) is 0 Å². The SMILES string of the molecule is Cc1ccc(N2C(=O)c3ccccc3N(Cc3ccccc3)[C@@H]2c2cccs2)cc1. The molecule has 0 fully saturated rings. The Labute approximate surface area is 180 Å². The summed E-state index contributed by atoms with van der Waals surface area (Å²) in [5.41, 5.74) is 5.02. The molecule has 3 nitrogen and oxygen atoms in total. The summed E-state index contributed by atoms with van der Waals surface area (Å²) in [6.07, 6.45) is -0.199. The molecule has 0 radical (unpaired) electrons. The molecule has 4 aromatic rings. The van der Waals surface area contributed by atoms with Gasteiger partial charge < -0.3 is 4.90 Å². The number of aryl methyl sites for hydroxylation is 1. The minimum absolute atomic E-state index is 0.0390. The van der Waals surface area contributed by atoms with Gasteiger partial charge in [0.1, 0.15) is 6.17 Å². The van der Waals surface area contributed by atoms with Crippen LogP contribution in [0.4, 0.5) is 11.4 Å². The first kappa shape index (κ1) is 18.6. The number of fused-ring (bicyclic) bond motifs is 1. The maximum absolute atomic E-state index is 13.7. The third-order valence-electron chi connectivity index (χ3n) is 5.51. The van der Waals surface area contributed by atoms with Crippen molar-refractivity contribution in [3.8, 4) is 0 Å². The molecular weight excluding hydrogens is 388 g/mol. The van der Waals surface area contributed by atoms with Gasteiger partial charge in [0.05, 0.1) is 11.3 Å². The monoisotopic (exact) mass is 410 g/mol. The van der Waals surface area contributed by atoms with Crippen molar-refractivity contribution in [1.82, 2.24) is 0 Å². The summed E-state index contributed by atoms with van der Waals surface area (Å²) in [6.45, 7) is 2.78. The van der Waals surface area contributed by atoms with Gasteiger partial charge >= 0.3 is 0 Å². The Morgan fingerprint density at radius 1 is 0.833 bits per heavy atom. The average Bonchev–Trinajstić information content (AvgIpc) is 3.31. The van der Waals surface area contributed by atoms with Crippen LogP contribution in [0.15, 0.2) is 96.4 Å². The van der Waals surface area contributed by atoms with Gasteiger partial charge in [-0.2, -0.15) is 0 Å². The van der Waals surface area contributed by atoms with Gasteiger partial charge in [-0.3, -0.25) is 9.69 Å². The van der Waals surface area contributed by atoms with Crippen molar-refractivity contribution in [3.63, 3.8) is 0 Å². The molecular formula is C26H22N2OS. The molecule has 3 aromatic carbocycles. The van der Waals surface area contributed by atoms with Crippen molar-refractivity contribution in [3.05, 3.63) is 118 Å². The highest BCUT2D eigenvalue weighted by Crippen LogP contribution is 2.43. The van der Waals surface area contributed by atoms with Crippen LogP contribution in [0.2, 0.25) is 0 Å². The number of anilines is 2. The van der Waals surface area contributed by atoms with Crippen LogP contribution in [0, 0.1) is 6.92 Å². The minimum Gasteiger partial charge on any atom is -0.341 e. The van der Waals surface area contributed by atoms with Crippen molar-refractivity contribution in [2.24, 2.45) is 0 Å². The Bertz CT molecular complexity index is 1150. The second-order valence-corrected chi connectivity index (χ2v) is 8.51. The molecule has 0 saturated carbocycles. The van der Waals surface area contributed by atoms with Crippen LogP contribution in [0.25, 0.3) is 0 Å². The topological polar surface area (TPSA) is 23.6 Å². The van der Waals surface area contributed by atoms with E-state index in [1.807, 2.05) is 41.3 Å². The third kappa shape index (κ3) is 3.29. The van der Waals surface area contributed by atoms with E-state index < -0.39 is 0 Å². The van der Waals surface area contributed by atoms with E-state index in [-0.39, 0.29) is 12.1 Å². The number of rotatable bonds is 4. The molecule has 0 spiro atoms. The third-order valence-corrected chi connectivity index (χ3v) is 6.42. The Balaban J connectivity index is 1.70. The lowest BCUT2D eigenvalue weighted by molar-refractivity contribution is 0.0968. The fraction of sp³-hybridized carbons (Fsp3) is 0.115. The van der Waals surface area contributed by atoms with Gasteiger partial charge in [-0.15, -0.1) is 11.3 Å². The van der Waals surface area contributed by atoms with Crippen LogP contribution < -0.4 is 9.80 Å². The zero-order valence-electron chi connectivity index (χ0n) is 16.7. The lowest BCUT2D eigenvalue weighted by Gasteiger charge is -2.45. The summed E-state index contributed by atoms with van der Waals surface area (Å²) in [5, 5.41) is 2.08. The van der Waals surface area contributed by atoms with Crippen LogP contribution in [0.5, 0.6) is 0 Å². The molecule has 1 aliphatic rings. The van der Waals surface area contributed by atoms with Gasteiger partial charge in [-0.1, -0.05) is 66.2 Å². The van der Waals surface area contributed by atoms with E-state index in [1.54, 1.807) is 11.3 Å². The molecule has 0 saturated heterocycles. The zero-order chi connectivity index (χ0) is 20.5. The number of nitrogens with zero attached hydrogens (tertiary/aromatic N) is 2. The number of amides is 1. The molecule has 1 amide bonds. The maximum atomic E-state index is 13.7.